The van der Waals surface area contributed by atoms with Crippen LogP contribution in [0.1, 0.15) is 12.8 Å². The molecule has 7 heteroatoms. The molecule has 1 amide bonds. The number of benzene rings is 1. The number of amides is 1. The number of nitrogens with zero attached hydrogens (tertiary/aromatic N) is 1. The van der Waals surface area contributed by atoms with Crippen LogP contribution < -0.4 is 10.1 Å². The standard InChI is InChI=1S/C23H24Cl2N2O2S/c1-3-30-16(2)23(28)27-12-10-19(11-13-27)26-21-6-4-5-7-22(21)29-20-9-8-17(24)14-18(25)15-20/h3-9,14-15,18-19,26H,1-2,10-13H2. The fourth-order valence-corrected chi connectivity index (χ4v) is 4.23. The minimum Gasteiger partial charge on any atom is -0.455 e. The molecule has 1 aliphatic heterocycles. The van der Waals surface area contributed by atoms with Gasteiger partial charge in [0.05, 0.1) is 16.0 Å². The van der Waals surface area contributed by atoms with Gasteiger partial charge in [0.1, 0.15) is 11.5 Å². The Labute approximate surface area is 191 Å². The number of ether oxygens (including phenoxy) is 1. The Balaban J connectivity index is 1.61. The molecule has 1 aromatic rings. The first kappa shape index (κ1) is 22.6. The molecule has 3 rings (SSSR count). The molecule has 1 atom stereocenters. The molecule has 1 aliphatic carbocycles. The van der Waals surface area contributed by atoms with Crippen LogP contribution in [0, 0.1) is 0 Å². The number of thioether (sulfide) groups is 1. The molecule has 1 N–H and O–H groups in total. The summed E-state index contributed by atoms with van der Waals surface area (Å²) in [6.07, 6.45) is 8.81. The first-order valence-corrected chi connectivity index (χ1v) is 11.4. The molecule has 0 spiro atoms. The average molecular weight is 463 g/mol. The average Bonchev–Trinajstić information content (AvgIpc) is 2.89. The second-order valence-electron chi connectivity index (χ2n) is 6.92. The Morgan fingerprint density at radius 2 is 1.97 bits per heavy atom. The molecule has 1 unspecified atom stereocenters. The lowest BCUT2D eigenvalue weighted by Crippen LogP contribution is -2.42. The fourth-order valence-electron chi connectivity index (χ4n) is 3.27. The van der Waals surface area contributed by atoms with Gasteiger partial charge in [0.15, 0.2) is 0 Å². The first-order chi connectivity index (χ1) is 14.5. The molecular weight excluding hydrogens is 439 g/mol. The SMILES string of the molecule is C=CSC(=C)C(=O)N1CCC(Nc2ccccc2OC2=CC(Cl)C=C(Cl)C=C2)CC1. The van der Waals surface area contributed by atoms with E-state index in [9.17, 15) is 4.79 Å². The summed E-state index contributed by atoms with van der Waals surface area (Å²) >= 11 is 13.6. The third kappa shape index (κ3) is 6.21. The summed E-state index contributed by atoms with van der Waals surface area (Å²) in [4.78, 5) is 14.7. The van der Waals surface area contributed by atoms with Crippen LogP contribution >= 0.6 is 35.0 Å². The van der Waals surface area contributed by atoms with Crippen molar-refractivity contribution >= 4 is 46.6 Å². The maximum Gasteiger partial charge on any atom is 0.259 e. The van der Waals surface area contributed by atoms with Crippen LogP contribution in [0.25, 0.3) is 0 Å². The third-order valence-corrected chi connectivity index (χ3v) is 5.90. The molecule has 2 aliphatic rings. The quantitative estimate of drug-likeness (QED) is 0.395. The normalized spacial score (nSPS) is 19.4. The van der Waals surface area contributed by atoms with Gasteiger partial charge in [-0.3, -0.25) is 4.79 Å². The zero-order chi connectivity index (χ0) is 21.5. The summed E-state index contributed by atoms with van der Waals surface area (Å²) in [5, 5.41) is 5.43. The number of para-hydroxylation sites is 2. The van der Waals surface area contributed by atoms with Gasteiger partial charge in [0.25, 0.3) is 5.91 Å². The number of nitrogens with one attached hydrogen (secondary N) is 1. The number of piperidine rings is 1. The minimum absolute atomic E-state index is 0.0166. The Morgan fingerprint density at radius 3 is 2.70 bits per heavy atom. The zero-order valence-corrected chi connectivity index (χ0v) is 18.8. The molecule has 1 saturated heterocycles. The van der Waals surface area contributed by atoms with E-state index in [1.54, 1.807) is 23.6 Å². The Morgan fingerprint density at radius 1 is 1.23 bits per heavy atom. The number of rotatable bonds is 7. The van der Waals surface area contributed by atoms with Gasteiger partial charge in [-0.1, -0.05) is 48.7 Å². The van der Waals surface area contributed by atoms with Crippen LogP contribution in [-0.2, 0) is 4.79 Å². The van der Waals surface area contributed by atoms with Crippen molar-refractivity contribution in [1.82, 2.24) is 4.90 Å². The number of allylic oxidation sites excluding steroid dienone is 5. The second-order valence-corrected chi connectivity index (χ2v) is 8.92. The number of carbonyl (C=O) groups excluding carboxylic acids is 1. The predicted molar refractivity (Wildman–Crippen MR) is 128 cm³/mol. The molecule has 1 heterocycles. The lowest BCUT2D eigenvalue weighted by molar-refractivity contribution is -0.127. The lowest BCUT2D eigenvalue weighted by atomic mass is 10.0. The number of alkyl halides is 1. The summed E-state index contributed by atoms with van der Waals surface area (Å²) in [7, 11) is 0. The summed E-state index contributed by atoms with van der Waals surface area (Å²) in [6, 6.07) is 8.03. The van der Waals surface area contributed by atoms with E-state index >= 15 is 0 Å². The number of halogens is 2. The number of likely N-dealkylation sites (tertiary alicyclic amines) is 1. The molecule has 4 nitrogen and oxygen atoms in total. The Hall–Kier alpha value is -2.08. The van der Waals surface area contributed by atoms with E-state index in [0.717, 1.165) is 18.5 Å². The van der Waals surface area contributed by atoms with Crippen molar-refractivity contribution in [3.05, 3.63) is 82.8 Å². The zero-order valence-electron chi connectivity index (χ0n) is 16.5. The van der Waals surface area contributed by atoms with Crippen molar-refractivity contribution in [2.24, 2.45) is 0 Å². The highest BCUT2D eigenvalue weighted by atomic mass is 35.5. The van der Waals surface area contributed by atoms with Gasteiger partial charge < -0.3 is 15.0 Å². The maximum absolute atomic E-state index is 12.4. The fraction of sp³-hybridized carbons (Fsp3) is 0.261. The van der Waals surface area contributed by atoms with Crippen molar-refractivity contribution in [1.29, 1.82) is 0 Å². The van der Waals surface area contributed by atoms with Crippen LogP contribution in [-0.4, -0.2) is 35.3 Å². The molecule has 0 aromatic heterocycles. The monoisotopic (exact) mass is 462 g/mol. The third-order valence-electron chi connectivity index (χ3n) is 4.77. The van der Waals surface area contributed by atoms with Gasteiger partial charge >= 0.3 is 0 Å². The Kier molecular flexibility index (Phi) is 8.14. The predicted octanol–water partition coefficient (Wildman–Crippen LogP) is 6.04. The highest BCUT2D eigenvalue weighted by Gasteiger charge is 2.24. The molecule has 1 aromatic carbocycles. The van der Waals surface area contributed by atoms with Crippen LogP contribution in [0.3, 0.4) is 0 Å². The molecule has 1 fully saturated rings. The minimum atomic E-state index is -0.335. The number of hydrogen-bond donors (Lipinski definition) is 1. The summed E-state index contributed by atoms with van der Waals surface area (Å²) in [5.41, 5.74) is 0.901. The van der Waals surface area contributed by atoms with E-state index in [2.05, 4.69) is 18.5 Å². The van der Waals surface area contributed by atoms with Gasteiger partial charge in [-0.25, -0.2) is 0 Å². The van der Waals surface area contributed by atoms with Crippen LogP contribution in [0.2, 0.25) is 0 Å². The van der Waals surface area contributed by atoms with E-state index in [1.807, 2.05) is 35.2 Å². The largest absolute Gasteiger partial charge is 0.455 e. The van der Waals surface area contributed by atoms with Gasteiger partial charge in [-0.15, -0.1) is 11.6 Å². The van der Waals surface area contributed by atoms with E-state index in [-0.39, 0.29) is 17.3 Å². The smallest absolute Gasteiger partial charge is 0.259 e. The van der Waals surface area contributed by atoms with Crippen molar-refractivity contribution in [3.8, 4) is 5.75 Å². The second kappa shape index (κ2) is 10.8. The molecule has 30 heavy (non-hydrogen) atoms. The van der Waals surface area contributed by atoms with Crippen LogP contribution in [0.15, 0.2) is 82.8 Å². The van der Waals surface area contributed by atoms with Gasteiger partial charge in [-0.2, -0.15) is 0 Å². The topological polar surface area (TPSA) is 41.6 Å². The maximum atomic E-state index is 12.4. The molecule has 0 bridgehead atoms. The Bertz CT molecular complexity index is 902. The van der Waals surface area contributed by atoms with Crippen molar-refractivity contribution in [3.63, 3.8) is 0 Å². The molecule has 158 valence electrons. The van der Waals surface area contributed by atoms with Crippen molar-refractivity contribution < 1.29 is 9.53 Å². The summed E-state index contributed by atoms with van der Waals surface area (Å²) in [5.74, 6) is 1.33. The molecule has 0 radical (unpaired) electrons. The number of carbonyl (C=O) groups is 1. The molecule has 0 saturated carbocycles. The van der Waals surface area contributed by atoms with Crippen LogP contribution in [0.4, 0.5) is 5.69 Å². The number of anilines is 1. The van der Waals surface area contributed by atoms with E-state index in [1.165, 1.54) is 11.8 Å². The first-order valence-electron chi connectivity index (χ1n) is 9.66. The van der Waals surface area contributed by atoms with Gasteiger partial charge in [0, 0.05) is 24.2 Å². The lowest BCUT2D eigenvalue weighted by Gasteiger charge is -2.33. The highest BCUT2D eigenvalue weighted by molar-refractivity contribution is 8.06. The summed E-state index contributed by atoms with van der Waals surface area (Å²) < 4.78 is 6.09. The summed E-state index contributed by atoms with van der Waals surface area (Å²) in [6.45, 7) is 8.83. The van der Waals surface area contributed by atoms with E-state index in [4.69, 9.17) is 27.9 Å². The highest BCUT2D eigenvalue weighted by Crippen LogP contribution is 2.30. The van der Waals surface area contributed by atoms with Gasteiger partial charge in [0.2, 0.25) is 0 Å². The van der Waals surface area contributed by atoms with E-state index < -0.39 is 0 Å². The van der Waals surface area contributed by atoms with E-state index in [0.29, 0.717) is 34.5 Å². The number of hydrogen-bond acceptors (Lipinski definition) is 4. The van der Waals surface area contributed by atoms with Crippen molar-refractivity contribution in [2.45, 2.75) is 24.3 Å². The van der Waals surface area contributed by atoms with Crippen molar-refractivity contribution in [2.75, 3.05) is 18.4 Å². The van der Waals surface area contributed by atoms with Gasteiger partial charge in [-0.05, 0) is 54.7 Å². The van der Waals surface area contributed by atoms with Crippen LogP contribution in [0.5, 0.6) is 5.75 Å². The molecular formula is C23H24Cl2N2O2S.